The van der Waals surface area contributed by atoms with Crippen molar-refractivity contribution in [3.05, 3.63) is 170 Å². The number of hydrogen-bond donors (Lipinski definition) is 0. The number of rotatable bonds is 4. The summed E-state index contributed by atoms with van der Waals surface area (Å²) in [6.07, 6.45) is 0. The van der Waals surface area contributed by atoms with Gasteiger partial charge in [-0.25, -0.2) is 15.0 Å². The number of para-hydroxylation sites is 2. The molecule has 0 fully saturated rings. The Bertz CT molecular complexity index is 3190. The lowest BCUT2D eigenvalue weighted by molar-refractivity contribution is 1.08. The van der Waals surface area contributed by atoms with E-state index in [0.29, 0.717) is 39.5 Å². The first-order valence-electron chi connectivity index (χ1n) is 19.9. The summed E-state index contributed by atoms with van der Waals surface area (Å²) in [5, 5.41) is 5.67. The minimum absolute atomic E-state index is 0.0219. The van der Waals surface area contributed by atoms with E-state index in [2.05, 4.69) is 24.3 Å². The molecule has 0 saturated heterocycles. The molecule has 10 rings (SSSR count). The molecule has 0 N–H and O–H groups in total. The molecular formula is C45H28N4. The maximum absolute atomic E-state index is 9.04. The van der Waals surface area contributed by atoms with Crippen LogP contribution in [0.1, 0.15) is 11.0 Å². The van der Waals surface area contributed by atoms with Crippen molar-refractivity contribution in [1.29, 1.82) is 0 Å². The molecular weight excluding hydrogens is 597 g/mol. The third kappa shape index (κ3) is 4.49. The van der Waals surface area contributed by atoms with E-state index >= 15 is 0 Å². The summed E-state index contributed by atoms with van der Waals surface area (Å²) in [4.78, 5) is 15.2. The summed E-state index contributed by atoms with van der Waals surface area (Å²) >= 11 is 0. The Labute approximate surface area is 293 Å². The first-order valence-corrected chi connectivity index (χ1v) is 15.9. The topological polar surface area (TPSA) is 43.6 Å². The van der Waals surface area contributed by atoms with Crippen molar-refractivity contribution in [2.45, 2.75) is 0 Å². The highest BCUT2D eigenvalue weighted by Crippen LogP contribution is 2.38. The van der Waals surface area contributed by atoms with E-state index in [1.165, 1.54) is 0 Å². The standard InChI is InChI=1S/C45H28N4/c1-3-13-31-27-33(23-21-29(31)11-1)43-46-44(34-24-22-30-12-2-4-14-32(30)28-34)48-45(47-43)39-25-26-42(36-16-6-5-15-35(36)39)49-40-19-9-7-17-37(40)38-18-8-10-20-41(38)49/h1-28H/i7D,8D,9D,10D,17D,18D,19D,20D. The molecule has 0 saturated carbocycles. The molecule has 4 nitrogen and oxygen atoms in total. The number of benzene rings is 8. The second-order valence-electron chi connectivity index (χ2n) is 11.9. The Morgan fingerprint density at radius 3 is 1.49 bits per heavy atom. The second kappa shape index (κ2) is 11.0. The highest BCUT2D eigenvalue weighted by atomic mass is 15.0. The van der Waals surface area contributed by atoms with Gasteiger partial charge in [0.05, 0.1) is 27.7 Å². The normalized spacial score (nSPS) is 14.0. The van der Waals surface area contributed by atoms with Crippen LogP contribution in [0.15, 0.2) is 170 Å². The minimum atomic E-state index is -0.488. The minimum Gasteiger partial charge on any atom is -0.309 e. The van der Waals surface area contributed by atoms with Crippen molar-refractivity contribution in [3.8, 4) is 39.9 Å². The Kier molecular flexibility index (Phi) is 4.60. The van der Waals surface area contributed by atoms with Crippen LogP contribution in [0.4, 0.5) is 0 Å². The summed E-state index contributed by atoms with van der Waals surface area (Å²) in [5.41, 5.74) is 2.87. The number of aromatic nitrogens is 4. The van der Waals surface area contributed by atoms with Crippen molar-refractivity contribution in [2.24, 2.45) is 0 Å². The maximum Gasteiger partial charge on any atom is 0.164 e. The monoisotopic (exact) mass is 632 g/mol. The Hall–Kier alpha value is -6.65. The third-order valence-corrected chi connectivity index (χ3v) is 9.07. The molecule has 0 aliphatic carbocycles. The van der Waals surface area contributed by atoms with Gasteiger partial charge in [-0.15, -0.1) is 0 Å². The summed E-state index contributed by atoms with van der Waals surface area (Å²) < 4.78 is 71.4. The quantitative estimate of drug-likeness (QED) is 0.194. The van der Waals surface area contributed by atoms with Gasteiger partial charge in [-0.05, 0) is 63.3 Å². The zero-order valence-corrected chi connectivity index (χ0v) is 25.8. The number of fused-ring (bicyclic) bond motifs is 6. The highest BCUT2D eigenvalue weighted by molar-refractivity contribution is 6.11. The Morgan fingerprint density at radius 2 is 0.898 bits per heavy atom. The van der Waals surface area contributed by atoms with Gasteiger partial charge in [-0.2, -0.15) is 0 Å². The van der Waals surface area contributed by atoms with Crippen LogP contribution < -0.4 is 0 Å². The lowest BCUT2D eigenvalue weighted by Gasteiger charge is -2.15. The fourth-order valence-corrected chi connectivity index (χ4v) is 6.75. The fourth-order valence-electron chi connectivity index (χ4n) is 6.75. The van der Waals surface area contributed by atoms with Gasteiger partial charge in [0.2, 0.25) is 0 Å². The summed E-state index contributed by atoms with van der Waals surface area (Å²) in [7, 11) is 0. The van der Waals surface area contributed by atoms with E-state index in [4.69, 9.17) is 25.9 Å². The lowest BCUT2D eigenvalue weighted by atomic mass is 10.0. The van der Waals surface area contributed by atoms with E-state index < -0.39 is 24.2 Å². The molecule has 4 heteroatoms. The van der Waals surface area contributed by atoms with Crippen LogP contribution in [0.2, 0.25) is 0 Å². The van der Waals surface area contributed by atoms with Crippen molar-refractivity contribution in [2.75, 3.05) is 0 Å². The van der Waals surface area contributed by atoms with E-state index in [1.54, 1.807) is 10.6 Å². The lowest BCUT2D eigenvalue weighted by Crippen LogP contribution is -2.02. The first-order chi connectivity index (χ1) is 27.6. The van der Waals surface area contributed by atoms with Crippen molar-refractivity contribution >= 4 is 54.1 Å². The third-order valence-electron chi connectivity index (χ3n) is 9.07. The Balaban J connectivity index is 1.27. The average molecular weight is 633 g/mol. The first kappa shape index (κ1) is 20.6. The van der Waals surface area contributed by atoms with E-state index in [9.17, 15) is 0 Å². The van der Waals surface area contributed by atoms with Crippen LogP contribution in [0.5, 0.6) is 0 Å². The second-order valence-corrected chi connectivity index (χ2v) is 11.9. The van der Waals surface area contributed by atoms with Crippen LogP contribution >= 0.6 is 0 Å². The molecule has 0 unspecified atom stereocenters. The summed E-state index contributed by atoms with van der Waals surface area (Å²) in [5.74, 6) is 1.37. The van der Waals surface area contributed by atoms with Gasteiger partial charge in [0, 0.05) is 32.8 Å². The highest BCUT2D eigenvalue weighted by Gasteiger charge is 2.18. The van der Waals surface area contributed by atoms with Gasteiger partial charge in [0.1, 0.15) is 0 Å². The predicted octanol–water partition coefficient (Wildman–Crippen LogP) is 11.4. The van der Waals surface area contributed by atoms with E-state index in [-0.39, 0.29) is 46.0 Å². The van der Waals surface area contributed by atoms with Crippen LogP contribution in [0, 0.1) is 0 Å². The molecule has 0 radical (unpaired) electrons. The molecule has 2 heterocycles. The molecule has 0 aliphatic heterocycles. The molecule has 8 aromatic carbocycles. The predicted molar refractivity (Wildman–Crippen MR) is 203 cm³/mol. The number of hydrogen-bond acceptors (Lipinski definition) is 3. The van der Waals surface area contributed by atoms with Gasteiger partial charge in [-0.1, -0.05) is 133 Å². The smallest absolute Gasteiger partial charge is 0.164 e. The average Bonchev–Trinajstić information content (AvgIpc) is 3.61. The largest absolute Gasteiger partial charge is 0.309 e. The number of nitrogens with zero attached hydrogens (tertiary/aromatic N) is 4. The molecule has 2 aromatic heterocycles. The molecule has 0 bridgehead atoms. The van der Waals surface area contributed by atoms with Crippen LogP contribution in [0.3, 0.4) is 0 Å². The molecule has 0 spiro atoms. The zero-order valence-electron chi connectivity index (χ0n) is 33.8. The van der Waals surface area contributed by atoms with Crippen molar-refractivity contribution in [1.82, 2.24) is 19.5 Å². The zero-order chi connectivity index (χ0) is 39.3. The van der Waals surface area contributed by atoms with Crippen LogP contribution in [0.25, 0.3) is 94.0 Å². The molecule has 228 valence electrons. The van der Waals surface area contributed by atoms with Crippen LogP contribution in [-0.2, 0) is 0 Å². The van der Waals surface area contributed by atoms with E-state index in [1.807, 2.05) is 91.0 Å². The molecule has 0 aliphatic rings. The van der Waals surface area contributed by atoms with Gasteiger partial charge < -0.3 is 4.57 Å². The fraction of sp³-hybridized carbons (Fsp3) is 0. The molecule has 10 aromatic rings. The summed E-state index contributed by atoms with van der Waals surface area (Å²) in [6, 6.07) is 36.2. The SMILES string of the molecule is [2H]c1c([2H])c([2H])c2c(c1[2H])c1c([2H])c([2H])c([2H])c([2H])c1n2-c1ccc(-c2nc(-c3ccc4ccccc4c3)nc(-c3ccc4ccccc4c3)n2)c2ccccc12. The van der Waals surface area contributed by atoms with Crippen molar-refractivity contribution < 1.29 is 11.0 Å². The van der Waals surface area contributed by atoms with Gasteiger partial charge in [0.25, 0.3) is 0 Å². The summed E-state index contributed by atoms with van der Waals surface area (Å²) in [6.45, 7) is 0. The maximum atomic E-state index is 9.04. The molecule has 49 heavy (non-hydrogen) atoms. The van der Waals surface area contributed by atoms with E-state index in [0.717, 1.165) is 32.7 Å². The van der Waals surface area contributed by atoms with Gasteiger partial charge in [-0.3, -0.25) is 0 Å². The Morgan fingerprint density at radius 1 is 0.408 bits per heavy atom. The van der Waals surface area contributed by atoms with Gasteiger partial charge in [0.15, 0.2) is 17.5 Å². The van der Waals surface area contributed by atoms with Crippen LogP contribution in [-0.4, -0.2) is 19.5 Å². The van der Waals surface area contributed by atoms with Crippen molar-refractivity contribution in [3.63, 3.8) is 0 Å². The van der Waals surface area contributed by atoms with Gasteiger partial charge >= 0.3 is 0 Å². The molecule has 0 atom stereocenters. The molecule has 0 amide bonds.